The van der Waals surface area contributed by atoms with Gasteiger partial charge in [-0.3, -0.25) is 0 Å². The second-order valence-electron chi connectivity index (χ2n) is 3.98. The van der Waals surface area contributed by atoms with Gasteiger partial charge in [-0.1, -0.05) is 6.08 Å². The van der Waals surface area contributed by atoms with Crippen molar-refractivity contribution in [3.8, 4) is 17.2 Å². The SMILES string of the molecule is COc1cc(/C=C/c2ncc(C(=O)O)s2)cc(OC)c1O. The van der Waals surface area contributed by atoms with E-state index in [0.717, 1.165) is 16.9 Å². The number of thiazole rings is 1. The summed E-state index contributed by atoms with van der Waals surface area (Å²) >= 11 is 1.07. The van der Waals surface area contributed by atoms with Crippen LogP contribution < -0.4 is 9.47 Å². The third-order valence-corrected chi connectivity index (χ3v) is 3.61. The van der Waals surface area contributed by atoms with Gasteiger partial charge in [0, 0.05) is 0 Å². The monoisotopic (exact) mass is 307 g/mol. The minimum absolute atomic E-state index is 0.0698. The van der Waals surface area contributed by atoms with E-state index in [1.807, 2.05) is 0 Å². The molecule has 1 aromatic heterocycles. The number of carboxylic acid groups (broad SMARTS) is 1. The molecule has 2 N–H and O–H groups in total. The van der Waals surface area contributed by atoms with Gasteiger partial charge >= 0.3 is 5.97 Å². The molecular weight excluding hydrogens is 294 g/mol. The highest BCUT2D eigenvalue weighted by atomic mass is 32.1. The Morgan fingerprint density at radius 1 is 1.24 bits per heavy atom. The zero-order valence-electron chi connectivity index (χ0n) is 11.4. The fraction of sp³-hybridized carbons (Fsp3) is 0.143. The van der Waals surface area contributed by atoms with Gasteiger partial charge in [0.15, 0.2) is 11.5 Å². The molecule has 6 nitrogen and oxygen atoms in total. The normalized spacial score (nSPS) is 10.8. The molecule has 0 atom stereocenters. The van der Waals surface area contributed by atoms with Crippen molar-refractivity contribution in [1.82, 2.24) is 4.98 Å². The van der Waals surface area contributed by atoms with E-state index in [0.29, 0.717) is 16.5 Å². The van der Waals surface area contributed by atoms with Crippen molar-refractivity contribution >= 4 is 29.5 Å². The molecule has 1 heterocycles. The second-order valence-corrected chi connectivity index (χ2v) is 5.04. The summed E-state index contributed by atoms with van der Waals surface area (Å²) in [6.45, 7) is 0. The molecule has 0 aliphatic rings. The molecule has 2 aromatic rings. The van der Waals surface area contributed by atoms with Gasteiger partial charge in [-0.25, -0.2) is 9.78 Å². The third-order valence-electron chi connectivity index (χ3n) is 2.65. The summed E-state index contributed by atoms with van der Waals surface area (Å²) in [5.74, 6) is -0.488. The van der Waals surface area contributed by atoms with Crippen molar-refractivity contribution in [1.29, 1.82) is 0 Å². The van der Waals surface area contributed by atoms with Gasteiger partial charge in [0.2, 0.25) is 5.75 Å². The number of aromatic nitrogens is 1. The molecule has 1 aromatic carbocycles. The van der Waals surface area contributed by atoms with Crippen LogP contribution in [-0.4, -0.2) is 35.4 Å². The van der Waals surface area contributed by atoms with Gasteiger partial charge in [-0.05, 0) is 23.8 Å². The maximum atomic E-state index is 10.8. The molecule has 0 aliphatic carbocycles. The van der Waals surface area contributed by atoms with Crippen molar-refractivity contribution in [3.63, 3.8) is 0 Å². The summed E-state index contributed by atoms with van der Waals surface area (Å²) in [6, 6.07) is 3.28. The Labute approximate surface area is 124 Å². The van der Waals surface area contributed by atoms with E-state index in [2.05, 4.69) is 4.98 Å². The number of phenolic OH excluding ortho intramolecular Hbond substituents is 1. The highest BCUT2D eigenvalue weighted by Crippen LogP contribution is 2.37. The number of methoxy groups -OCH3 is 2. The molecule has 0 saturated carbocycles. The Bertz CT molecular complexity index is 667. The van der Waals surface area contributed by atoms with Crippen LogP contribution in [0.15, 0.2) is 18.3 Å². The van der Waals surface area contributed by atoms with Crippen LogP contribution >= 0.6 is 11.3 Å². The summed E-state index contributed by atoms with van der Waals surface area (Å²) in [5.41, 5.74) is 0.730. The molecule has 110 valence electrons. The van der Waals surface area contributed by atoms with Crippen LogP contribution in [0.4, 0.5) is 0 Å². The molecule has 0 radical (unpaired) electrons. The minimum atomic E-state index is -1.000. The van der Waals surface area contributed by atoms with E-state index >= 15 is 0 Å². The fourth-order valence-corrected chi connectivity index (χ4v) is 2.30. The molecule has 0 spiro atoms. The molecule has 0 bridgehead atoms. The molecule has 7 heteroatoms. The van der Waals surface area contributed by atoms with E-state index in [4.69, 9.17) is 14.6 Å². The van der Waals surface area contributed by atoms with Gasteiger partial charge < -0.3 is 19.7 Å². The van der Waals surface area contributed by atoms with Crippen LogP contribution in [0.3, 0.4) is 0 Å². The van der Waals surface area contributed by atoms with Crippen molar-refractivity contribution in [2.45, 2.75) is 0 Å². The second kappa shape index (κ2) is 6.27. The maximum Gasteiger partial charge on any atom is 0.347 e. The van der Waals surface area contributed by atoms with Crippen molar-refractivity contribution in [3.05, 3.63) is 33.8 Å². The van der Waals surface area contributed by atoms with E-state index in [1.165, 1.54) is 20.4 Å². The Balaban J connectivity index is 2.29. The lowest BCUT2D eigenvalue weighted by Gasteiger charge is -2.09. The van der Waals surface area contributed by atoms with Gasteiger partial charge in [-0.2, -0.15) is 0 Å². The smallest absolute Gasteiger partial charge is 0.347 e. The summed E-state index contributed by atoms with van der Waals surface area (Å²) in [6.07, 6.45) is 4.72. The molecule has 21 heavy (non-hydrogen) atoms. The van der Waals surface area contributed by atoms with Crippen LogP contribution in [-0.2, 0) is 0 Å². The molecule has 0 saturated heterocycles. The number of nitrogens with zero attached hydrogens (tertiary/aromatic N) is 1. The predicted octanol–water partition coefficient (Wildman–Crippen LogP) is 2.73. The average molecular weight is 307 g/mol. The zero-order chi connectivity index (χ0) is 15.4. The minimum Gasteiger partial charge on any atom is -0.502 e. The lowest BCUT2D eigenvalue weighted by Crippen LogP contribution is -1.90. The molecule has 0 amide bonds. The van der Waals surface area contributed by atoms with Gasteiger partial charge in [0.05, 0.1) is 20.4 Å². The number of ether oxygens (including phenoxy) is 2. The fourth-order valence-electron chi connectivity index (χ4n) is 1.64. The highest BCUT2D eigenvalue weighted by molar-refractivity contribution is 7.14. The molecular formula is C14H13NO5S. The number of benzene rings is 1. The average Bonchev–Trinajstić information content (AvgIpc) is 2.95. The van der Waals surface area contributed by atoms with Gasteiger partial charge in [0.25, 0.3) is 0 Å². The van der Waals surface area contributed by atoms with Crippen molar-refractivity contribution < 1.29 is 24.5 Å². The summed E-state index contributed by atoms with van der Waals surface area (Å²) in [7, 11) is 2.89. The predicted molar refractivity (Wildman–Crippen MR) is 79.2 cm³/mol. The van der Waals surface area contributed by atoms with E-state index in [-0.39, 0.29) is 10.6 Å². The standard InChI is InChI=1S/C14H13NO5S/c1-19-9-5-8(6-10(20-2)13(9)16)3-4-12-15-7-11(21-12)14(17)18/h3-7,16H,1-2H3,(H,17,18)/b4-3+. The Morgan fingerprint density at radius 3 is 2.33 bits per heavy atom. The topological polar surface area (TPSA) is 88.9 Å². The lowest BCUT2D eigenvalue weighted by molar-refractivity contribution is 0.0702. The van der Waals surface area contributed by atoms with Gasteiger partial charge in [-0.15, -0.1) is 11.3 Å². The lowest BCUT2D eigenvalue weighted by atomic mass is 10.1. The van der Waals surface area contributed by atoms with E-state index in [1.54, 1.807) is 24.3 Å². The largest absolute Gasteiger partial charge is 0.502 e. The molecule has 0 aliphatic heterocycles. The number of carbonyl (C=O) groups is 1. The Kier molecular flexibility index (Phi) is 4.44. The summed E-state index contributed by atoms with van der Waals surface area (Å²) in [4.78, 5) is 14.9. The number of rotatable bonds is 5. The Morgan fingerprint density at radius 2 is 1.86 bits per heavy atom. The third kappa shape index (κ3) is 3.32. The number of phenols is 1. The van der Waals surface area contributed by atoms with Crippen LogP contribution in [0.2, 0.25) is 0 Å². The molecule has 0 unspecified atom stereocenters. The van der Waals surface area contributed by atoms with Crippen molar-refractivity contribution in [2.75, 3.05) is 14.2 Å². The number of hydrogen-bond donors (Lipinski definition) is 2. The number of aromatic hydroxyl groups is 1. The number of hydrogen-bond acceptors (Lipinski definition) is 6. The van der Waals surface area contributed by atoms with Crippen LogP contribution in [0, 0.1) is 0 Å². The van der Waals surface area contributed by atoms with Crippen LogP contribution in [0.1, 0.15) is 20.2 Å². The van der Waals surface area contributed by atoms with Crippen LogP contribution in [0.5, 0.6) is 17.2 Å². The quantitative estimate of drug-likeness (QED) is 0.883. The van der Waals surface area contributed by atoms with E-state index in [9.17, 15) is 9.90 Å². The summed E-state index contributed by atoms with van der Waals surface area (Å²) in [5, 5.41) is 19.2. The summed E-state index contributed by atoms with van der Waals surface area (Å²) < 4.78 is 10.1. The molecule has 0 fully saturated rings. The van der Waals surface area contributed by atoms with Gasteiger partial charge in [0.1, 0.15) is 9.88 Å². The first-order valence-electron chi connectivity index (χ1n) is 5.87. The molecule has 2 rings (SSSR count). The number of carboxylic acids is 1. The first-order chi connectivity index (χ1) is 10.0. The Hall–Kier alpha value is -2.54. The maximum absolute atomic E-state index is 10.8. The van der Waals surface area contributed by atoms with Crippen LogP contribution in [0.25, 0.3) is 12.2 Å². The zero-order valence-corrected chi connectivity index (χ0v) is 12.2. The van der Waals surface area contributed by atoms with Crippen molar-refractivity contribution in [2.24, 2.45) is 0 Å². The highest BCUT2D eigenvalue weighted by Gasteiger charge is 2.10. The number of aromatic carboxylic acids is 1. The first-order valence-corrected chi connectivity index (χ1v) is 6.69. The first kappa shape index (κ1) is 14.9. The van der Waals surface area contributed by atoms with E-state index < -0.39 is 5.97 Å².